The zero-order valence-electron chi connectivity index (χ0n) is 6.84. The second-order valence-corrected chi connectivity index (χ2v) is 3.43. The fourth-order valence-electron chi connectivity index (χ4n) is 1.21. The molecule has 1 aromatic carbocycles. The van der Waals surface area contributed by atoms with Gasteiger partial charge in [0.2, 0.25) is 0 Å². The molecular formula is C9H8N2OS. The van der Waals surface area contributed by atoms with Crippen LogP contribution in [0.25, 0.3) is 10.1 Å². The normalized spacial score (nSPS) is 11.4. The molecule has 0 atom stereocenters. The van der Waals surface area contributed by atoms with E-state index in [4.69, 9.17) is 5.21 Å². The monoisotopic (exact) mass is 192 g/mol. The smallest absolute Gasteiger partial charge is 0.0675 e. The number of aromatic nitrogens is 1. The summed E-state index contributed by atoms with van der Waals surface area (Å²) in [5.74, 6) is 0. The maximum absolute atomic E-state index is 8.28. The number of oxime groups is 1. The minimum absolute atomic E-state index is 0.584. The Labute approximate surface area is 79.5 Å². The molecule has 1 heterocycles. The summed E-state index contributed by atoms with van der Waals surface area (Å²) in [6.07, 6.45) is 2.03. The lowest BCUT2D eigenvalue weighted by molar-refractivity contribution is 0.320. The first kappa shape index (κ1) is 8.19. The van der Waals surface area contributed by atoms with E-state index in [1.54, 1.807) is 0 Å². The molecule has 0 saturated carbocycles. The standard InChI is InChI=1S/C9H8N2OS/c12-10-6-5-8-7-3-1-2-4-9(7)13-11-8/h1-4,6,12H,5H2. The van der Waals surface area contributed by atoms with Crippen molar-refractivity contribution in [3.05, 3.63) is 30.0 Å². The van der Waals surface area contributed by atoms with Gasteiger partial charge in [0.1, 0.15) is 0 Å². The molecule has 3 nitrogen and oxygen atoms in total. The first-order valence-electron chi connectivity index (χ1n) is 3.91. The molecule has 0 aliphatic rings. The van der Waals surface area contributed by atoms with Gasteiger partial charge in [-0.3, -0.25) is 0 Å². The highest BCUT2D eigenvalue weighted by Gasteiger charge is 2.02. The number of fused-ring (bicyclic) bond motifs is 1. The Morgan fingerprint density at radius 1 is 1.46 bits per heavy atom. The fraction of sp³-hybridized carbons (Fsp3) is 0.111. The molecule has 66 valence electrons. The molecule has 4 heteroatoms. The van der Waals surface area contributed by atoms with E-state index < -0.39 is 0 Å². The molecule has 0 unspecified atom stereocenters. The van der Waals surface area contributed by atoms with Crippen molar-refractivity contribution >= 4 is 27.8 Å². The van der Waals surface area contributed by atoms with Crippen LogP contribution in [-0.4, -0.2) is 15.8 Å². The topological polar surface area (TPSA) is 45.5 Å². The molecule has 1 aromatic heterocycles. The first-order valence-corrected chi connectivity index (χ1v) is 4.68. The molecular weight excluding hydrogens is 184 g/mol. The number of rotatable bonds is 2. The van der Waals surface area contributed by atoms with Crippen LogP contribution in [-0.2, 0) is 6.42 Å². The SMILES string of the molecule is ON=CCc1nsc2ccccc12. The Morgan fingerprint density at radius 2 is 2.31 bits per heavy atom. The lowest BCUT2D eigenvalue weighted by atomic mass is 10.2. The number of hydrogen-bond donors (Lipinski definition) is 1. The quantitative estimate of drug-likeness (QED) is 0.451. The van der Waals surface area contributed by atoms with Crippen LogP contribution < -0.4 is 0 Å². The van der Waals surface area contributed by atoms with Crippen LogP contribution in [0.5, 0.6) is 0 Å². The van der Waals surface area contributed by atoms with E-state index >= 15 is 0 Å². The predicted octanol–water partition coefficient (Wildman–Crippen LogP) is 2.30. The van der Waals surface area contributed by atoms with Crippen molar-refractivity contribution in [2.45, 2.75) is 6.42 Å². The van der Waals surface area contributed by atoms with E-state index in [9.17, 15) is 0 Å². The highest BCUT2D eigenvalue weighted by Crippen LogP contribution is 2.21. The molecule has 0 spiro atoms. The highest BCUT2D eigenvalue weighted by molar-refractivity contribution is 7.13. The van der Waals surface area contributed by atoms with Gasteiger partial charge in [-0.05, 0) is 17.6 Å². The van der Waals surface area contributed by atoms with E-state index in [0.29, 0.717) is 6.42 Å². The summed E-state index contributed by atoms with van der Waals surface area (Å²) in [6.45, 7) is 0. The van der Waals surface area contributed by atoms with Crippen molar-refractivity contribution < 1.29 is 5.21 Å². The van der Waals surface area contributed by atoms with Crippen molar-refractivity contribution in [2.75, 3.05) is 0 Å². The van der Waals surface area contributed by atoms with Crippen LogP contribution in [0, 0.1) is 0 Å². The van der Waals surface area contributed by atoms with Crippen LogP contribution in [0.1, 0.15) is 5.69 Å². The van der Waals surface area contributed by atoms with Gasteiger partial charge in [-0.2, -0.15) is 4.37 Å². The summed E-state index contributed by atoms with van der Waals surface area (Å²) in [5, 5.41) is 12.4. The second kappa shape index (κ2) is 3.53. The molecule has 13 heavy (non-hydrogen) atoms. The largest absolute Gasteiger partial charge is 0.411 e. The van der Waals surface area contributed by atoms with Gasteiger partial charge >= 0.3 is 0 Å². The minimum atomic E-state index is 0.584. The summed E-state index contributed by atoms with van der Waals surface area (Å²) >= 11 is 1.47. The first-order chi connectivity index (χ1) is 6.42. The van der Waals surface area contributed by atoms with Crippen molar-refractivity contribution in [3.63, 3.8) is 0 Å². The van der Waals surface area contributed by atoms with Crippen LogP contribution in [0.3, 0.4) is 0 Å². The van der Waals surface area contributed by atoms with Gasteiger partial charge in [0.15, 0.2) is 0 Å². The fourth-order valence-corrected chi connectivity index (χ4v) is 2.02. The third-order valence-electron chi connectivity index (χ3n) is 1.82. The third kappa shape index (κ3) is 1.53. The van der Waals surface area contributed by atoms with Gasteiger partial charge in [-0.25, -0.2) is 0 Å². The molecule has 0 saturated heterocycles. The average molecular weight is 192 g/mol. The predicted molar refractivity (Wildman–Crippen MR) is 53.6 cm³/mol. The van der Waals surface area contributed by atoms with E-state index in [-0.39, 0.29) is 0 Å². The average Bonchev–Trinajstić information content (AvgIpc) is 2.58. The Hall–Kier alpha value is -1.42. The van der Waals surface area contributed by atoms with Crippen molar-refractivity contribution in [1.82, 2.24) is 4.37 Å². The van der Waals surface area contributed by atoms with Crippen LogP contribution in [0.4, 0.5) is 0 Å². The van der Waals surface area contributed by atoms with Crippen LogP contribution in [0.15, 0.2) is 29.4 Å². The number of nitrogens with zero attached hydrogens (tertiary/aromatic N) is 2. The summed E-state index contributed by atoms with van der Waals surface area (Å²) in [7, 11) is 0. The van der Waals surface area contributed by atoms with Gasteiger partial charge in [0.25, 0.3) is 0 Å². The van der Waals surface area contributed by atoms with Crippen molar-refractivity contribution in [2.24, 2.45) is 5.16 Å². The van der Waals surface area contributed by atoms with Gasteiger partial charge in [0, 0.05) is 18.0 Å². The van der Waals surface area contributed by atoms with E-state index in [0.717, 1.165) is 11.1 Å². The summed E-state index contributed by atoms with van der Waals surface area (Å²) in [4.78, 5) is 0. The second-order valence-electron chi connectivity index (χ2n) is 2.63. The molecule has 0 bridgehead atoms. The minimum Gasteiger partial charge on any atom is -0.411 e. The highest BCUT2D eigenvalue weighted by atomic mass is 32.1. The van der Waals surface area contributed by atoms with E-state index in [1.807, 2.05) is 24.3 Å². The zero-order valence-corrected chi connectivity index (χ0v) is 7.66. The summed E-state index contributed by atoms with van der Waals surface area (Å²) < 4.78 is 5.44. The lowest BCUT2D eigenvalue weighted by Gasteiger charge is -1.89. The number of hydrogen-bond acceptors (Lipinski definition) is 4. The van der Waals surface area contributed by atoms with Gasteiger partial charge in [-0.1, -0.05) is 18.2 Å². The van der Waals surface area contributed by atoms with Crippen LogP contribution in [0.2, 0.25) is 0 Å². The van der Waals surface area contributed by atoms with Crippen molar-refractivity contribution in [1.29, 1.82) is 0 Å². The molecule has 0 amide bonds. The lowest BCUT2D eigenvalue weighted by Crippen LogP contribution is -1.85. The summed E-state index contributed by atoms with van der Waals surface area (Å²) in [5.41, 5.74) is 0.971. The van der Waals surface area contributed by atoms with E-state index in [2.05, 4.69) is 9.53 Å². The molecule has 0 aliphatic carbocycles. The number of benzene rings is 1. The maximum atomic E-state index is 8.28. The molecule has 0 aliphatic heterocycles. The van der Waals surface area contributed by atoms with Crippen molar-refractivity contribution in [3.8, 4) is 0 Å². The van der Waals surface area contributed by atoms with Gasteiger partial charge in [-0.15, -0.1) is 5.16 Å². The molecule has 2 aromatic rings. The van der Waals surface area contributed by atoms with Crippen LogP contribution >= 0.6 is 11.5 Å². The molecule has 1 N–H and O–H groups in total. The Kier molecular flexibility index (Phi) is 2.23. The Bertz CT molecular complexity index is 436. The summed E-state index contributed by atoms with van der Waals surface area (Å²) in [6, 6.07) is 8.03. The Balaban J connectivity index is 2.45. The van der Waals surface area contributed by atoms with E-state index in [1.165, 1.54) is 22.4 Å². The molecule has 0 radical (unpaired) electrons. The zero-order chi connectivity index (χ0) is 9.10. The molecule has 2 rings (SSSR count). The van der Waals surface area contributed by atoms with Gasteiger partial charge in [0.05, 0.1) is 10.4 Å². The maximum Gasteiger partial charge on any atom is 0.0675 e. The molecule has 0 fully saturated rings. The Morgan fingerprint density at radius 3 is 3.15 bits per heavy atom. The van der Waals surface area contributed by atoms with Gasteiger partial charge < -0.3 is 5.21 Å². The third-order valence-corrected chi connectivity index (χ3v) is 2.68.